The van der Waals surface area contributed by atoms with Gasteiger partial charge in [-0.1, -0.05) is 60.7 Å². The molecule has 0 fully saturated rings. The van der Waals surface area contributed by atoms with Gasteiger partial charge in [-0.15, -0.1) is 0 Å². The van der Waals surface area contributed by atoms with Crippen molar-refractivity contribution in [3.05, 3.63) is 96.1 Å². The number of hydrogen-bond donors (Lipinski definition) is 1. The van der Waals surface area contributed by atoms with Gasteiger partial charge in [0.1, 0.15) is 18.1 Å². The number of carbonyl (C=O) groups is 2. The summed E-state index contributed by atoms with van der Waals surface area (Å²) in [7, 11) is 0. The molecule has 0 unspecified atom stereocenters. The van der Waals surface area contributed by atoms with E-state index < -0.39 is 5.97 Å². The normalized spacial score (nSPS) is 10.2. The standard InChI is InChI=1S/C25H25NO5/c27-24(26-16-15-20-7-3-1-4-8-20)18-31-25(28)19-30-23-13-11-22(12-14-23)29-17-21-9-5-2-6-10-21/h1-14H,15-19H2,(H,26,27). The SMILES string of the molecule is O=C(COC(=O)COc1ccc(OCc2ccccc2)cc1)NCCc1ccccc1. The van der Waals surface area contributed by atoms with Crippen LogP contribution in [-0.2, 0) is 27.4 Å². The molecule has 0 heterocycles. The lowest BCUT2D eigenvalue weighted by atomic mass is 10.1. The Labute approximate surface area is 181 Å². The van der Waals surface area contributed by atoms with Crippen LogP contribution in [0.4, 0.5) is 0 Å². The monoisotopic (exact) mass is 419 g/mol. The Hall–Kier alpha value is -3.80. The smallest absolute Gasteiger partial charge is 0.344 e. The average Bonchev–Trinajstić information content (AvgIpc) is 2.82. The van der Waals surface area contributed by atoms with Crippen molar-refractivity contribution in [1.82, 2.24) is 5.32 Å². The van der Waals surface area contributed by atoms with Crippen molar-refractivity contribution in [2.24, 2.45) is 0 Å². The third-order valence-electron chi connectivity index (χ3n) is 4.37. The molecule has 160 valence electrons. The first kappa shape index (κ1) is 21.9. The van der Waals surface area contributed by atoms with Crippen LogP contribution in [0.3, 0.4) is 0 Å². The van der Waals surface area contributed by atoms with Crippen LogP contribution >= 0.6 is 0 Å². The first-order valence-corrected chi connectivity index (χ1v) is 10.0. The van der Waals surface area contributed by atoms with Crippen molar-refractivity contribution < 1.29 is 23.8 Å². The Kier molecular flexibility index (Phi) is 8.49. The molecule has 0 radical (unpaired) electrons. The molecule has 0 atom stereocenters. The number of hydrogen-bond acceptors (Lipinski definition) is 5. The molecule has 0 spiro atoms. The van der Waals surface area contributed by atoms with Crippen LogP contribution in [0.1, 0.15) is 11.1 Å². The average molecular weight is 419 g/mol. The van der Waals surface area contributed by atoms with Gasteiger partial charge in [-0.05, 0) is 41.8 Å². The van der Waals surface area contributed by atoms with E-state index in [1.165, 1.54) is 0 Å². The van der Waals surface area contributed by atoms with Gasteiger partial charge >= 0.3 is 5.97 Å². The van der Waals surface area contributed by atoms with Gasteiger partial charge in [-0.3, -0.25) is 4.79 Å². The highest BCUT2D eigenvalue weighted by Crippen LogP contribution is 2.18. The van der Waals surface area contributed by atoms with Crippen LogP contribution in [-0.4, -0.2) is 31.6 Å². The fourth-order valence-corrected chi connectivity index (χ4v) is 2.74. The number of amides is 1. The van der Waals surface area contributed by atoms with E-state index in [-0.39, 0.29) is 19.1 Å². The summed E-state index contributed by atoms with van der Waals surface area (Å²) in [5, 5.41) is 2.72. The van der Waals surface area contributed by atoms with Gasteiger partial charge in [0.25, 0.3) is 5.91 Å². The summed E-state index contributed by atoms with van der Waals surface area (Å²) in [6.45, 7) is 0.348. The molecular formula is C25H25NO5. The maximum atomic E-state index is 11.8. The maximum Gasteiger partial charge on any atom is 0.344 e. The van der Waals surface area contributed by atoms with E-state index >= 15 is 0 Å². The Morgan fingerprint density at radius 1 is 0.677 bits per heavy atom. The molecule has 3 aromatic carbocycles. The first-order valence-electron chi connectivity index (χ1n) is 10.0. The second-order valence-corrected chi connectivity index (χ2v) is 6.78. The minimum atomic E-state index is -0.609. The molecule has 0 aliphatic carbocycles. The summed E-state index contributed by atoms with van der Waals surface area (Å²) < 4.78 is 16.0. The van der Waals surface area contributed by atoms with Crippen molar-refractivity contribution in [2.45, 2.75) is 13.0 Å². The van der Waals surface area contributed by atoms with E-state index in [1.807, 2.05) is 60.7 Å². The van der Waals surface area contributed by atoms with E-state index in [4.69, 9.17) is 14.2 Å². The van der Waals surface area contributed by atoms with E-state index in [9.17, 15) is 9.59 Å². The van der Waals surface area contributed by atoms with Crippen LogP contribution < -0.4 is 14.8 Å². The van der Waals surface area contributed by atoms with Crippen molar-refractivity contribution in [3.63, 3.8) is 0 Å². The Balaban J connectivity index is 1.29. The van der Waals surface area contributed by atoms with Gasteiger partial charge in [0.05, 0.1) is 0 Å². The molecular weight excluding hydrogens is 394 g/mol. The fourth-order valence-electron chi connectivity index (χ4n) is 2.74. The molecule has 0 aliphatic rings. The lowest BCUT2D eigenvalue weighted by Gasteiger charge is -2.09. The predicted octanol–water partition coefficient (Wildman–Crippen LogP) is 3.55. The summed E-state index contributed by atoms with van der Waals surface area (Å²) in [5.41, 5.74) is 2.21. The largest absolute Gasteiger partial charge is 0.489 e. The zero-order valence-electron chi connectivity index (χ0n) is 17.2. The highest BCUT2D eigenvalue weighted by atomic mass is 16.6. The van der Waals surface area contributed by atoms with E-state index in [2.05, 4.69) is 5.32 Å². The molecule has 3 aromatic rings. The number of carbonyl (C=O) groups excluding carboxylic acids is 2. The molecule has 31 heavy (non-hydrogen) atoms. The zero-order valence-corrected chi connectivity index (χ0v) is 17.2. The van der Waals surface area contributed by atoms with Crippen LogP contribution in [0.25, 0.3) is 0 Å². The Morgan fingerprint density at radius 2 is 1.26 bits per heavy atom. The lowest BCUT2D eigenvalue weighted by Crippen LogP contribution is -2.31. The number of ether oxygens (including phenoxy) is 3. The molecule has 0 bridgehead atoms. The van der Waals surface area contributed by atoms with Crippen LogP contribution in [0.15, 0.2) is 84.9 Å². The summed E-state index contributed by atoms with van der Waals surface area (Å²) in [6, 6.07) is 26.6. The third-order valence-corrected chi connectivity index (χ3v) is 4.37. The fraction of sp³-hybridized carbons (Fsp3) is 0.200. The number of esters is 1. The molecule has 0 aromatic heterocycles. The highest BCUT2D eigenvalue weighted by Gasteiger charge is 2.08. The van der Waals surface area contributed by atoms with E-state index in [0.29, 0.717) is 31.1 Å². The minimum Gasteiger partial charge on any atom is -0.489 e. The first-order chi connectivity index (χ1) is 15.2. The van der Waals surface area contributed by atoms with Gasteiger partial charge in [0.15, 0.2) is 13.2 Å². The maximum absolute atomic E-state index is 11.8. The summed E-state index contributed by atoms with van der Waals surface area (Å²) in [6.07, 6.45) is 0.717. The molecule has 0 saturated heterocycles. The number of benzene rings is 3. The minimum absolute atomic E-state index is 0.276. The van der Waals surface area contributed by atoms with Gasteiger partial charge in [-0.25, -0.2) is 4.79 Å². The Morgan fingerprint density at radius 3 is 1.90 bits per heavy atom. The van der Waals surface area contributed by atoms with Gasteiger partial charge in [0, 0.05) is 6.54 Å². The Bertz CT molecular complexity index is 943. The molecule has 3 rings (SSSR count). The summed E-state index contributed by atoms with van der Waals surface area (Å²) >= 11 is 0. The van der Waals surface area contributed by atoms with Crippen LogP contribution in [0.2, 0.25) is 0 Å². The van der Waals surface area contributed by atoms with Crippen molar-refractivity contribution in [2.75, 3.05) is 19.8 Å². The molecule has 6 nitrogen and oxygen atoms in total. The van der Waals surface area contributed by atoms with Gasteiger partial charge in [-0.2, -0.15) is 0 Å². The van der Waals surface area contributed by atoms with Crippen LogP contribution in [0.5, 0.6) is 11.5 Å². The van der Waals surface area contributed by atoms with Crippen LogP contribution in [0, 0.1) is 0 Å². The molecule has 0 aliphatic heterocycles. The third kappa shape index (κ3) is 8.22. The molecule has 0 saturated carbocycles. The predicted molar refractivity (Wildman–Crippen MR) is 117 cm³/mol. The lowest BCUT2D eigenvalue weighted by molar-refractivity contribution is -0.150. The van der Waals surface area contributed by atoms with Crippen molar-refractivity contribution in [3.8, 4) is 11.5 Å². The second-order valence-electron chi connectivity index (χ2n) is 6.78. The summed E-state index contributed by atoms with van der Waals surface area (Å²) in [4.78, 5) is 23.6. The van der Waals surface area contributed by atoms with Gasteiger partial charge < -0.3 is 19.5 Å². The highest BCUT2D eigenvalue weighted by molar-refractivity contribution is 5.80. The molecule has 1 amide bonds. The second kappa shape index (κ2) is 12.0. The van der Waals surface area contributed by atoms with Gasteiger partial charge in [0.2, 0.25) is 0 Å². The van der Waals surface area contributed by atoms with Crippen molar-refractivity contribution >= 4 is 11.9 Å². The zero-order chi connectivity index (χ0) is 21.7. The van der Waals surface area contributed by atoms with E-state index in [1.54, 1.807) is 24.3 Å². The number of rotatable bonds is 11. The summed E-state index contributed by atoms with van der Waals surface area (Å²) in [5.74, 6) is 0.258. The quantitative estimate of drug-likeness (QED) is 0.481. The molecule has 1 N–H and O–H groups in total. The topological polar surface area (TPSA) is 73.9 Å². The van der Waals surface area contributed by atoms with Crippen molar-refractivity contribution in [1.29, 1.82) is 0 Å². The molecule has 6 heteroatoms. The van der Waals surface area contributed by atoms with E-state index in [0.717, 1.165) is 11.1 Å². The number of nitrogens with one attached hydrogen (secondary N) is 1.